The topological polar surface area (TPSA) is 20.2 Å². The molecule has 0 saturated heterocycles. The zero-order valence-corrected chi connectivity index (χ0v) is 8.52. The van der Waals surface area contributed by atoms with Gasteiger partial charge in [0.15, 0.2) is 0 Å². The van der Waals surface area contributed by atoms with Crippen molar-refractivity contribution < 1.29 is 31.4 Å². The predicted octanol–water partition coefficient (Wildman–Crippen LogP) is 3.53. The van der Waals surface area contributed by atoms with Crippen LogP contribution in [0, 0.1) is 5.82 Å². The first kappa shape index (κ1) is 13.8. The molecule has 0 aliphatic carbocycles. The second-order valence-corrected chi connectivity index (χ2v) is 3.48. The van der Waals surface area contributed by atoms with E-state index in [1.54, 1.807) is 0 Å². The first-order valence-corrected chi connectivity index (χ1v) is 4.50. The van der Waals surface area contributed by atoms with Crippen LogP contribution in [-0.2, 0) is 5.92 Å². The van der Waals surface area contributed by atoms with Gasteiger partial charge in [-0.05, 0) is 13.0 Å². The summed E-state index contributed by atoms with van der Waals surface area (Å²) in [6.07, 6.45) is -7.07. The minimum Gasteiger partial charge on any atom is -0.389 e. The molecular weight excluding hydrogens is 250 g/mol. The van der Waals surface area contributed by atoms with Crippen LogP contribution in [0.3, 0.4) is 0 Å². The molecule has 7 heteroatoms. The number of hydrogen-bond donors (Lipinski definition) is 1. The second kappa shape index (κ2) is 4.21. The SMILES string of the molecule is CC(O)c1ccc(C(F)(F)C(F)(F)F)cc1F. The Morgan fingerprint density at radius 3 is 2.00 bits per heavy atom. The van der Waals surface area contributed by atoms with Crippen LogP contribution in [0.4, 0.5) is 26.3 Å². The Bertz CT molecular complexity index is 410. The van der Waals surface area contributed by atoms with Crippen molar-refractivity contribution in [1.82, 2.24) is 0 Å². The van der Waals surface area contributed by atoms with Gasteiger partial charge in [0.1, 0.15) is 5.82 Å². The molecule has 96 valence electrons. The predicted molar refractivity (Wildman–Crippen MR) is 47.0 cm³/mol. The molecule has 1 aromatic carbocycles. The molecule has 0 bridgehead atoms. The van der Waals surface area contributed by atoms with Crippen molar-refractivity contribution in [3.8, 4) is 0 Å². The highest BCUT2D eigenvalue weighted by atomic mass is 19.4. The summed E-state index contributed by atoms with van der Waals surface area (Å²) in [6, 6.07) is 1.23. The molecule has 0 fully saturated rings. The lowest BCUT2D eigenvalue weighted by Crippen LogP contribution is -2.33. The molecule has 0 amide bonds. The fraction of sp³-hybridized carbons (Fsp3) is 0.400. The molecule has 0 aliphatic heterocycles. The fourth-order valence-electron chi connectivity index (χ4n) is 1.22. The van der Waals surface area contributed by atoms with E-state index in [1.807, 2.05) is 0 Å². The smallest absolute Gasteiger partial charge is 0.389 e. The molecule has 0 saturated carbocycles. The Kier molecular flexibility index (Phi) is 3.42. The molecule has 0 spiro atoms. The lowest BCUT2D eigenvalue weighted by molar-refractivity contribution is -0.289. The van der Waals surface area contributed by atoms with Crippen LogP contribution in [0.5, 0.6) is 0 Å². The number of halogens is 6. The van der Waals surface area contributed by atoms with E-state index in [-0.39, 0.29) is 11.6 Å². The number of rotatable bonds is 2. The summed E-state index contributed by atoms with van der Waals surface area (Å²) in [5, 5.41) is 9.01. The van der Waals surface area contributed by atoms with Crippen LogP contribution in [0.25, 0.3) is 0 Å². The van der Waals surface area contributed by atoms with E-state index in [0.29, 0.717) is 12.1 Å². The molecule has 1 nitrogen and oxygen atoms in total. The van der Waals surface area contributed by atoms with Crippen molar-refractivity contribution >= 4 is 0 Å². The van der Waals surface area contributed by atoms with Gasteiger partial charge < -0.3 is 5.11 Å². The molecule has 0 aromatic heterocycles. The monoisotopic (exact) mass is 258 g/mol. The van der Waals surface area contributed by atoms with E-state index in [4.69, 9.17) is 5.11 Å². The molecule has 1 atom stereocenters. The maximum Gasteiger partial charge on any atom is 0.458 e. The van der Waals surface area contributed by atoms with E-state index in [9.17, 15) is 26.3 Å². The summed E-state index contributed by atoms with van der Waals surface area (Å²) in [4.78, 5) is 0. The molecule has 0 heterocycles. The van der Waals surface area contributed by atoms with Crippen molar-refractivity contribution in [2.45, 2.75) is 25.1 Å². The van der Waals surface area contributed by atoms with Gasteiger partial charge in [0.2, 0.25) is 0 Å². The highest BCUT2D eigenvalue weighted by Gasteiger charge is 2.58. The zero-order chi connectivity index (χ0) is 13.4. The van der Waals surface area contributed by atoms with Gasteiger partial charge >= 0.3 is 12.1 Å². The van der Waals surface area contributed by atoms with E-state index in [1.165, 1.54) is 6.92 Å². The first-order chi connectivity index (χ1) is 7.57. The number of aliphatic hydroxyl groups is 1. The summed E-state index contributed by atoms with van der Waals surface area (Å²) >= 11 is 0. The minimum absolute atomic E-state index is 0.0789. The van der Waals surface area contributed by atoms with Crippen molar-refractivity contribution in [2.75, 3.05) is 0 Å². The third-order valence-electron chi connectivity index (χ3n) is 2.17. The molecular formula is C10H8F6O. The molecule has 1 aromatic rings. The Hall–Kier alpha value is -1.24. The summed E-state index contributed by atoms with van der Waals surface area (Å²) in [5.41, 5.74) is -1.83. The Labute approximate surface area is 92.7 Å². The average Bonchev–Trinajstić information content (AvgIpc) is 2.14. The number of alkyl halides is 5. The van der Waals surface area contributed by atoms with Crippen molar-refractivity contribution in [1.29, 1.82) is 0 Å². The quantitative estimate of drug-likeness (QED) is 0.804. The van der Waals surface area contributed by atoms with Crippen LogP contribution in [0.15, 0.2) is 18.2 Å². The van der Waals surface area contributed by atoms with Crippen molar-refractivity contribution in [2.24, 2.45) is 0 Å². The lowest BCUT2D eigenvalue weighted by Gasteiger charge is -2.20. The second-order valence-electron chi connectivity index (χ2n) is 3.48. The van der Waals surface area contributed by atoms with Crippen molar-refractivity contribution in [3.05, 3.63) is 35.1 Å². The standard InChI is InChI=1S/C10H8F6O/c1-5(17)7-3-2-6(4-8(7)11)9(12,13)10(14,15)16/h2-5,17H,1H3. The summed E-state index contributed by atoms with van der Waals surface area (Å²) < 4.78 is 74.8. The fourth-order valence-corrected chi connectivity index (χ4v) is 1.22. The van der Waals surface area contributed by atoms with Crippen LogP contribution in [0.2, 0.25) is 0 Å². The van der Waals surface area contributed by atoms with Gasteiger partial charge in [0.25, 0.3) is 0 Å². The van der Waals surface area contributed by atoms with Crippen LogP contribution in [-0.4, -0.2) is 11.3 Å². The van der Waals surface area contributed by atoms with Crippen LogP contribution in [0.1, 0.15) is 24.2 Å². The highest BCUT2D eigenvalue weighted by molar-refractivity contribution is 5.29. The Morgan fingerprint density at radius 1 is 1.12 bits per heavy atom. The van der Waals surface area contributed by atoms with Gasteiger partial charge in [-0.3, -0.25) is 0 Å². The molecule has 1 rings (SSSR count). The first-order valence-electron chi connectivity index (χ1n) is 4.50. The largest absolute Gasteiger partial charge is 0.458 e. The number of benzene rings is 1. The van der Waals surface area contributed by atoms with E-state index >= 15 is 0 Å². The maximum atomic E-state index is 13.2. The number of hydrogen-bond acceptors (Lipinski definition) is 1. The van der Waals surface area contributed by atoms with E-state index < -0.39 is 29.6 Å². The minimum atomic E-state index is -5.79. The molecule has 1 unspecified atom stereocenters. The highest BCUT2D eigenvalue weighted by Crippen LogP contribution is 2.44. The lowest BCUT2D eigenvalue weighted by atomic mass is 10.0. The van der Waals surface area contributed by atoms with Gasteiger partial charge in [0, 0.05) is 11.1 Å². The third kappa shape index (κ3) is 2.54. The van der Waals surface area contributed by atoms with Crippen LogP contribution < -0.4 is 0 Å². The normalized spacial score (nSPS) is 14.8. The molecule has 0 radical (unpaired) electrons. The average molecular weight is 258 g/mol. The molecule has 0 aliphatic rings. The van der Waals surface area contributed by atoms with Gasteiger partial charge in [-0.2, -0.15) is 22.0 Å². The summed E-state index contributed by atoms with van der Waals surface area (Å²) in [7, 11) is 0. The Balaban J connectivity index is 3.23. The Morgan fingerprint density at radius 2 is 1.65 bits per heavy atom. The van der Waals surface area contributed by atoms with Crippen LogP contribution >= 0.6 is 0 Å². The van der Waals surface area contributed by atoms with Gasteiger partial charge in [-0.1, -0.05) is 12.1 Å². The van der Waals surface area contributed by atoms with Gasteiger partial charge in [-0.25, -0.2) is 4.39 Å². The zero-order valence-electron chi connectivity index (χ0n) is 8.52. The number of aliphatic hydroxyl groups excluding tert-OH is 1. The molecule has 17 heavy (non-hydrogen) atoms. The maximum absolute atomic E-state index is 13.2. The van der Waals surface area contributed by atoms with Crippen molar-refractivity contribution in [3.63, 3.8) is 0 Å². The van der Waals surface area contributed by atoms with Gasteiger partial charge in [0.05, 0.1) is 6.10 Å². The van der Waals surface area contributed by atoms with E-state index in [0.717, 1.165) is 0 Å². The third-order valence-corrected chi connectivity index (χ3v) is 2.17. The van der Waals surface area contributed by atoms with Gasteiger partial charge in [-0.15, -0.1) is 0 Å². The van der Waals surface area contributed by atoms with E-state index in [2.05, 4.69) is 0 Å². The summed E-state index contributed by atoms with van der Waals surface area (Å²) in [6.45, 7) is 1.17. The summed E-state index contributed by atoms with van der Waals surface area (Å²) in [5.74, 6) is -6.42. The molecule has 1 N–H and O–H groups in total.